The van der Waals surface area contributed by atoms with Crippen molar-refractivity contribution in [1.82, 2.24) is 4.72 Å². The molecule has 4 aliphatic rings. The Bertz CT molecular complexity index is 1430. The second-order valence-corrected chi connectivity index (χ2v) is 15.3. The Morgan fingerprint density at radius 2 is 2.04 bits per heavy atom. The van der Waals surface area contributed by atoms with Gasteiger partial charge < -0.3 is 19.1 Å². The fourth-order valence-electron chi connectivity index (χ4n) is 7.95. The number of carbonyl (C=O) groups excluding carboxylic acids is 1. The van der Waals surface area contributed by atoms with Crippen LogP contribution in [0.15, 0.2) is 48.6 Å². The van der Waals surface area contributed by atoms with Crippen molar-refractivity contribution in [3.05, 3.63) is 70.3 Å². The molecule has 45 heavy (non-hydrogen) atoms. The number of hydrogen-bond donors (Lipinski definition) is 1. The molecule has 1 spiro atoms. The van der Waals surface area contributed by atoms with E-state index in [4.69, 9.17) is 25.8 Å². The third kappa shape index (κ3) is 6.85. The first kappa shape index (κ1) is 32.5. The van der Waals surface area contributed by atoms with Crippen LogP contribution in [-0.4, -0.2) is 61.5 Å². The quantitative estimate of drug-likeness (QED) is 0.288. The summed E-state index contributed by atoms with van der Waals surface area (Å²) >= 11 is 6.45. The molecular formula is C36H47ClN2O5S. The Labute approximate surface area is 275 Å². The maximum atomic E-state index is 13.5. The van der Waals surface area contributed by atoms with Gasteiger partial charge in [0.15, 0.2) is 0 Å². The molecule has 7 nitrogen and oxygen atoms in total. The summed E-state index contributed by atoms with van der Waals surface area (Å²) in [6.07, 6.45) is 11.2. The first-order valence-electron chi connectivity index (χ1n) is 16.6. The van der Waals surface area contributed by atoms with Crippen molar-refractivity contribution in [2.45, 2.75) is 75.6 Å². The predicted octanol–water partition coefficient (Wildman–Crippen LogP) is 6.64. The summed E-state index contributed by atoms with van der Waals surface area (Å²) in [7, 11) is 0.190. The van der Waals surface area contributed by atoms with Crippen LogP contribution in [0.2, 0.25) is 5.02 Å². The number of hydrogen-bond acceptors (Lipinski definition) is 6. The first-order chi connectivity index (χ1) is 21.8. The molecule has 2 aromatic carbocycles. The molecule has 0 aromatic heterocycles. The van der Waals surface area contributed by atoms with Gasteiger partial charge in [0.05, 0.1) is 36.9 Å². The van der Waals surface area contributed by atoms with E-state index in [1.165, 1.54) is 11.1 Å². The zero-order valence-electron chi connectivity index (χ0n) is 26.8. The van der Waals surface area contributed by atoms with Gasteiger partial charge in [-0.3, -0.25) is 9.52 Å². The van der Waals surface area contributed by atoms with Gasteiger partial charge in [0.1, 0.15) is 16.7 Å². The summed E-state index contributed by atoms with van der Waals surface area (Å²) in [5.74, 6) is 1.42. The highest BCUT2D eigenvalue weighted by Gasteiger charge is 2.44. The molecule has 2 aromatic rings. The normalized spacial score (nSPS) is 32.4. The smallest absolute Gasteiger partial charge is 0.263 e. The molecule has 6 rings (SSSR count). The number of halogens is 1. The number of ether oxygens (including phenoxy) is 3. The Hall–Kier alpha value is -2.39. The Kier molecular flexibility index (Phi) is 10.2. The van der Waals surface area contributed by atoms with Crippen molar-refractivity contribution in [3.8, 4) is 5.75 Å². The molecule has 2 aliphatic heterocycles. The maximum absolute atomic E-state index is 13.5. The largest absolute Gasteiger partial charge is 0.490 e. The van der Waals surface area contributed by atoms with Gasteiger partial charge in [-0.1, -0.05) is 43.7 Å². The highest BCUT2D eigenvalue weighted by Crippen LogP contribution is 2.47. The molecule has 1 amide bonds. The van der Waals surface area contributed by atoms with E-state index >= 15 is 0 Å². The Morgan fingerprint density at radius 1 is 1.18 bits per heavy atom. The third-order valence-electron chi connectivity index (χ3n) is 10.6. The van der Waals surface area contributed by atoms with E-state index in [1.54, 1.807) is 13.2 Å². The van der Waals surface area contributed by atoms with Gasteiger partial charge in [-0.2, -0.15) is 0 Å². The standard InChI is InChI=1S/C36H47ClN2O5S/c1-4-34-24(2)7-5-9-32(43-18-17-42-3)29-13-10-27(29)21-39-22-36(16-6-8-25-19-28(37)12-14-30(25)36)23-44-33-15-11-26(20-31(33)39)35(40)38-45(34)41/h5,9,11-12,14-15,19-20,24,27,29,32,34H,4,6-8,10,13,16-18,21-23H2,1-3H3,(H,38,40)/b9-5+/t24?,27?,29-,32?,34?,36?,45?/m1/s1. The van der Waals surface area contributed by atoms with Crippen LogP contribution in [0, 0.1) is 17.8 Å². The van der Waals surface area contributed by atoms with Gasteiger partial charge in [0, 0.05) is 36.2 Å². The number of carbonyl (C=O) groups is 1. The Morgan fingerprint density at radius 3 is 2.82 bits per heavy atom. The molecule has 0 radical (unpaired) electrons. The molecular weight excluding hydrogens is 608 g/mol. The number of anilines is 1. The molecule has 1 N–H and O–H groups in total. The fraction of sp³-hybridized carbons (Fsp3) is 0.583. The van der Waals surface area contributed by atoms with Gasteiger partial charge in [-0.05, 0) is 104 Å². The first-order valence-corrected chi connectivity index (χ1v) is 18.2. The summed E-state index contributed by atoms with van der Waals surface area (Å²) in [6.45, 7) is 7.45. The SMILES string of the molecule is CCC1C(C)C/C=C/C(OCCOC)[C@@H]2CCC2CN2CC3(CCCc4cc(Cl)ccc43)COc3ccc(cc32)C(=O)NS1=O. The molecule has 7 atom stereocenters. The number of allylic oxidation sites excluding steroid dienone is 1. The van der Waals surface area contributed by atoms with Crippen molar-refractivity contribution in [1.29, 1.82) is 0 Å². The van der Waals surface area contributed by atoms with E-state index < -0.39 is 11.0 Å². The zero-order chi connectivity index (χ0) is 31.6. The van der Waals surface area contributed by atoms with E-state index in [0.717, 1.165) is 68.1 Å². The second kappa shape index (κ2) is 14.2. The molecule has 6 unspecified atom stereocenters. The number of nitrogens with zero attached hydrogens (tertiary/aromatic N) is 1. The minimum absolute atomic E-state index is 0.00942. The Balaban J connectivity index is 1.40. The molecule has 2 aliphatic carbocycles. The van der Waals surface area contributed by atoms with Crippen molar-refractivity contribution >= 4 is 34.2 Å². The number of benzene rings is 2. The van der Waals surface area contributed by atoms with E-state index in [1.807, 2.05) is 25.1 Å². The maximum Gasteiger partial charge on any atom is 0.263 e. The number of aryl methyl sites for hydroxylation is 1. The van der Waals surface area contributed by atoms with Crippen molar-refractivity contribution in [2.24, 2.45) is 17.8 Å². The van der Waals surface area contributed by atoms with Crippen LogP contribution in [-0.2, 0) is 32.3 Å². The lowest BCUT2D eigenvalue weighted by Gasteiger charge is -2.46. The van der Waals surface area contributed by atoms with Gasteiger partial charge in [-0.25, -0.2) is 4.21 Å². The zero-order valence-corrected chi connectivity index (χ0v) is 28.3. The molecule has 0 saturated heterocycles. The number of rotatable bonds is 5. The topological polar surface area (TPSA) is 77.1 Å². The second-order valence-electron chi connectivity index (χ2n) is 13.4. The van der Waals surface area contributed by atoms with Crippen LogP contribution in [0.3, 0.4) is 0 Å². The molecule has 1 fully saturated rings. The lowest BCUT2D eigenvalue weighted by atomic mass is 9.68. The summed E-state index contributed by atoms with van der Waals surface area (Å²) in [5.41, 5.74) is 3.86. The summed E-state index contributed by atoms with van der Waals surface area (Å²) in [4.78, 5) is 16.0. The van der Waals surface area contributed by atoms with Crippen LogP contribution in [0.1, 0.15) is 73.9 Å². The van der Waals surface area contributed by atoms with E-state index in [-0.39, 0.29) is 28.6 Å². The molecule has 2 heterocycles. The average molecular weight is 655 g/mol. The van der Waals surface area contributed by atoms with E-state index in [9.17, 15) is 9.00 Å². The summed E-state index contributed by atoms with van der Waals surface area (Å²) in [6, 6.07) is 12.0. The van der Waals surface area contributed by atoms with Gasteiger partial charge >= 0.3 is 0 Å². The number of amides is 1. The average Bonchev–Trinajstić information content (AvgIpc) is 3.16. The highest BCUT2D eigenvalue weighted by atomic mass is 35.5. The van der Waals surface area contributed by atoms with Crippen LogP contribution in [0.4, 0.5) is 5.69 Å². The minimum Gasteiger partial charge on any atom is -0.490 e. The van der Waals surface area contributed by atoms with Crippen molar-refractivity contribution < 1.29 is 23.2 Å². The van der Waals surface area contributed by atoms with Crippen LogP contribution >= 0.6 is 11.6 Å². The fourth-order valence-corrected chi connectivity index (χ4v) is 9.43. The number of nitrogens with one attached hydrogen (secondary N) is 1. The number of methoxy groups -OCH3 is 1. The summed E-state index contributed by atoms with van der Waals surface area (Å²) in [5, 5.41) is 0.613. The van der Waals surface area contributed by atoms with Gasteiger partial charge in [0.25, 0.3) is 5.91 Å². The van der Waals surface area contributed by atoms with Gasteiger partial charge in [-0.15, -0.1) is 0 Å². The van der Waals surface area contributed by atoms with Crippen LogP contribution in [0.5, 0.6) is 5.75 Å². The van der Waals surface area contributed by atoms with Gasteiger partial charge in [0.2, 0.25) is 0 Å². The monoisotopic (exact) mass is 654 g/mol. The van der Waals surface area contributed by atoms with Crippen LogP contribution < -0.4 is 14.4 Å². The lowest BCUT2D eigenvalue weighted by Crippen LogP contribution is -2.49. The van der Waals surface area contributed by atoms with E-state index in [0.29, 0.717) is 43.6 Å². The van der Waals surface area contributed by atoms with Crippen LogP contribution in [0.25, 0.3) is 0 Å². The number of fused-ring (bicyclic) bond motifs is 4. The predicted molar refractivity (Wildman–Crippen MR) is 181 cm³/mol. The molecule has 9 heteroatoms. The molecule has 244 valence electrons. The minimum atomic E-state index is -1.51. The molecule has 1 saturated carbocycles. The lowest BCUT2D eigenvalue weighted by molar-refractivity contribution is -0.0309. The van der Waals surface area contributed by atoms with Crippen molar-refractivity contribution in [3.63, 3.8) is 0 Å². The highest BCUT2D eigenvalue weighted by molar-refractivity contribution is 7.84. The third-order valence-corrected chi connectivity index (χ3v) is 12.6. The van der Waals surface area contributed by atoms with E-state index in [2.05, 4.69) is 40.8 Å². The molecule has 2 bridgehead atoms. The summed E-state index contributed by atoms with van der Waals surface area (Å²) < 4.78 is 34.7. The van der Waals surface area contributed by atoms with Crippen molar-refractivity contribution in [2.75, 3.05) is 44.9 Å².